The van der Waals surface area contributed by atoms with Gasteiger partial charge < -0.3 is 10.4 Å². The molecule has 0 bridgehead atoms. The van der Waals surface area contributed by atoms with Crippen LogP contribution in [0.5, 0.6) is 0 Å². The molecule has 23 heavy (non-hydrogen) atoms. The van der Waals surface area contributed by atoms with E-state index in [1.807, 2.05) is 11.3 Å². The zero-order valence-corrected chi connectivity index (χ0v) is 14.6. The van der Waals surface area contributed by atoms with E-state index in [1.54, 1.807) is 0 Å². The molecule has 0 amide bonds. The molecule has 0 saturated carbocycles. The molecular weight excluding hydrogens is 304 g/mol. The minimum atomic E-state index is -0.0998. The van der Waals surface area contributed by atoms with Crippen molar-refractivity contribution in [2.75, 3.05) is 13.1 Å². The van der Waals surface area contributed by atoms with Crippen LogP contribution in [0.2, 0.25) is 0 Å². The Morgan fingerprint density at radius 3 is 2.57 bits per heavy atom. The predicted octanol–water partition coefficient (Wildman–Crippen LogP) is 3.30. The molecule has 1 saturated heterocycles. The number of hydrogen-bond donors (Lipinski definition) is 2. The molecule has 0 atom stereocenters. The van der Waals surface area contributed by atoms with Crippen LogP contribution in [-0.2, 0) is 19.6 Å². The fourth-order valence-corrected chi connectivity index (χ4v) is 3.97. The van der Waals surface area contributed by atoms with Crippen molar-refractivity contribution < 1.29 is 5.11 Å². The molecule has 1 aromatic carbocycles. The Hall–Kier alpha value is -1.20. The maximum atomic E-state index is 9.64. The molecule has 2 heterocycles. The Labute approximate surface area is 143 Å². The van der Waals surface area contributed by atoms with Crippen molar-refractivity contribution in [3.05, 3.63) is 57.3 Å². The number of thiophene rings is 1. The van der Waals surface area contributed by atoms with Crippen molar-refractivity contribution in [2.24, 2.45) is 0 Å². The van der Waals surface area contributed by atoms with Gasteiger partial charge in [0.05, 0.1) is 6.10 Å². The number of benzene rings is 1. The fraction of sp³-hybridized carbons (Fsp3) is 0.474. The van der Waals surface area contributed by atoms with E-state index < -0.39 is 0 Å². The summed E-state index contributed by atoms with van der Waals surface area (Å²) in [6.07, 6.45) is 1.70. The third-order valence-electron chi connectivity index (χ3n) is 4.64. The van der Waals surface area contributed by atoms with Crippen LogP contribution in [0.25, 0.3) is 0 Å². The van der Waals surface area contributed by atoms with Crippen LogP contribution < -0.4 is 5.32 Å². The zero-order valence-electron chi connectivity index (χ0n) is 13.8. The number of likely N-dealkylation sites (tertiary alicyclic amines) is 1. The van der Waals surface area contributed by atoms with Crippen molar-refractivity contribution in [3.8, 4) is 0 Å². The highest BCUT2D eigenvalue weighted by atomic mass is 32.1. The number of piperidine rings is 1. The maximum absolute atomic E-state index is 9.64. The highest BCUT2D eigenvalue weighted by Crippen LogP contribution is 2.18. The smallest absolute Gasteiger partial charge is 0.0564 e. The van der Waals surface area contributed by atoms with Gasteiger partial charge in [0.15, 0.2) is 0 Å². The molecule has 1 aliphatic heterocycles. The second-order valence-corrected chi connectivity index (χ2v) is 7.41. The third kappa shape index (κ3) is 4.64. The van der Waals surface area contributed by atoms with Crippen LogP contribution in [0.15, 0.2) is 35.7 Å². The molecule has 0 unspecified atom stereocenters. The predicted molar refractivity (Wildman–Crippen MR) is 96.6 cm³/mol. The molecule has 0 spiro atoms. The lowest BCUT2D eigenvalue weighted by Crippen LogP contribution is -2.35. The van der Waals surface area contributed by atoms with Gasteiger partial charge in [-0.25, -0.2) is 0 Å². The molecule has 1 aliphatic rings. The molecule has 0 aliphatic carbocycles. The van der Waals surface area contributed by atoms with Gasteiger partial charge >= 0.3 is 0 Å². The van der Waals surface area contributed by atoms with Crippen molar-refractivity contribution in [2.45, 2.75) is 45.5 Å². The first-order chi connectivity index (χ1) is 11.2. The van der Waals surface area contributed by atoms with Gasteiger partial charge in [0.25, 0.3) is 0 Å². The average Bonchev–Trinajstić information content (AvgIpc) is 2.96. The molecule has 3 rings (SSSR count). The summed E-state index contributed by atoms with van der Waals surface area (Å²) in [4.78, 5) is 3.88. The molecule has 1 fully saturated rings. The highest BCUT2D eigenvalue weighted by molar-refractivity contribution is 7.10. The zero-order chi connectivity index (χ0) is 16.1. The lowest BCUT2D eigenvalue weighted by Gasteiger charge is -2.30. The molecular formula is C19H26N2OS. The average molecular weight is 330 g/mol. The van der Waals surface area contributed by atoms with E-state index in [1.165, 1.54) is 21.6 Å². The van der Waals surface area contributed by atoms with E-state index in [2.05, 4.69) is 52.9 Å². The van der Waals surface area contributed by atoms with Gasteiger partial charge in [-0.1, -0.05) is 24.3 Å². The van der Waals surface area contributed by atoms with Gasteiger partial charge in [0.1, 0.15) is 0 Å². The van der Waals surface area contributed by atoms with Crippen LogP contribution in [0.3, 0.4) is 0 Å². The largest absolute Gasteiger partial charge is 0.393 e. The fourth-order valence-electron chi connectivity index (χ4n) is 3.10. The van der Waals surface area contributed by atoms with E-state index in [-0.39, 0.29) is 6.10 Å². The van der Waals surface area contributed by atoms with Crippen LogP contribution in [-0.4, -0.2) is 29.2 Å². The number of nitrogens with one attached hydrogen (secondary N) is 1. The van der Waals surface area contributed by atoms with Crippen molar-refractivity contribution in [3.63, 3.8) is 0 Å². The van der Waals surface area contributed by atoms with Gasteiger partial charge in [-0.3, -0.25) is 4.90 Å². The number of aliphatic hydroxyl groups is 1. The highest BCUT2D eigenvalue weighted by Gasteiger charge is 2.17. The van der Waals surface area contributed by atoms with Gasteiger partial charge in [0.2, 0.25) is 0 Å². The Kier molecular flexibility index (Phi) is 5.84. The summed E-state index contributed by atoms with van der Waals surface area (Å²) >= 11 is 1.82. The van der Waals surface area contributed by atoms with Gasteiger partial charge in [-0.2, -0.15) is 0 Å². The van der Waals surface area contributed by atoms with Crippen molar-refractivity contribution in [1.82, 2.24) is 10.2 Å². The third-order valence-corrected chi connectivity index (χ3v) is 5.66. The summed E-state index contributed by atoms with van der Waals surface area (Å²) in [5.74, 6) is 0. The molecule has 0 radical (unpaired) electrons. The summed E-state index contributed by atoms with van der Waals surface area (Å²) in [6.45, 7) is 7.00. The molecule has 2 N–H and O–H groups in total. The van der Waals surface area contributed by atoms with Crippen molar-refractivity contribution >= 4 is 11.3 Å². The minimum Gasteiger partial charge on any atom is -0.393 e. The Morgan fingerprint density at radius 1 is 1.13 bits per heavy atom. The summed E-state index contributed by atoms with van der Waals surface area (Å²) in [7, 11) is 0. The maximum Gasteiger partial charge on any atom is 0.0564 e. The number of nitrogens with zero attached hydrogens (tertiary/aromatic N) is 1. The quantitative estimate of drug-likeness (QED) is 0.853. The van der Waals surface area contributed by atoms with E-state index in [9.17, 15) is 5.11 Å². The number of aryl methyl sites for hydroxylation is 1. The molecule has 1 aromatic heterocycles. The Balaban J connectivity index is 1.56. The SMILES string of the molecule is Cc1ccsc1CNCc1ccccc1CN1CCC(O)CC1. The first-order valence-electron chi connectivity index (χ1n) is 8.43. The summed E-state index contributed by atoms with van der Waals surface area (Å²) in [5, 5.41) is 15.4. The van der Waals surface area contributed by atoms with Crippen LogP contribution >= 0.6 is 11.3 Å². The van der Waals surface area contributed by atoms with Crippen molar-refractivity contribution in [1.29, 1.82) is 0 Å². The summed E-state index contributed by atoms with van der Waals surface area (Å²) in [5.41, 5.74) is 4.16. The Morgan fingerprint density at radius 2 is 1.87 bits per heavy atom. The molecule has 3 nitrogen and oxygen atoms in total. The minimum absolute atomic E-state index is 0.0998. The number of rotatable bonds is 6. The van der Waals surface area contributed by atoms with Crippen LogP contribution in [0, 0.1) is 6.92 Å². The van der Waals surface area contributed by atoms with E-state index in [0.29, 0.717) is 0 Å². The van der Waals surface area contributed by atoms with Gasteiger partial charge in [-0.15, -0.1) is 11.3 Å². The second-order valence-electron chi connectivity index (χ2n) is 6.41. The van der Waals surface area contributed by atoms with Gasteiger partial charge in [-0.05, 0) is 47.9 Å². The molecule has 4 heteroatoms. The lowest BCUT2D eigenvalue weighted by molar-refractivity contribution is 0.0791. The topological polar surface area (TPSA) is 35.5 Å². The van der Waals surface area contributed by atoms with Gasteiger partial charge in [0, 0.05) is 37.6 Å². The summed E-state index contributed by atoms with van der Waals surface area (Å²) < 4.78 is 0. The normalized spacial score (nSPS) is 16.8. The second kappa shape index (κ2) is 8.06. The Bertz CT molecular complexity index is 617. The lowest BCUT2D eigenvalue weighted by atomic mass is 10.0. The van der Waals surface area contributed by atoms with E-state index in [0.717, 1.165) is 45.6 Å². The monoisotopic (exact) mass is 330 g/mol. The van der Waals surface area contributed by atoms with E-state index in [4.69, 9.17) is 0 Å². The summed E-state index contributed by atoms with van der Waals surface area (Å²) in [6, 6.07) is 10.9. The first kappa shape index (κ1) is 16.7. The van der Waals surface area contributed by atoms with Crippen LogP contribution in [0.1, 0.15) is 34.4 Å². The van der Waals surface area contributed by atoms with E-state index >= 15 is 0 Å². The first-order valence-corrected chi connectivity index (χ1v) is 9.31. The molecule has 124 valence electrons. The standard InChI is InChI=1S/C19H26N2OS/c1-15-8-11-23-19(15)13-20-12-16-4-2-3-5-17(16)14-21-9-6-18(22)7-10-21/h2-5,8,11,18,20,22H,6-7,9-10,12-14H2,1H3. The molecule has 2 aromatic rings. The number of aliphatic hydroxyl groups excluding tert-OH is 1. The number of hydrogen-bond acceptors (Lipinski definition) is 4. The van der Waals surface area contributed by atoms with Crippen LogP contribution in [0.4, 0.5) is 0 Å².